The van der Waals surface area contributed by atoms with Gasteiger partial charge in [0.25, 0.3) is 10.0 Å². The fraction of sp³-hybridized carbons (Fsp3) is 0.500. The lowest BCUT2D eigenvalue weighted by Gasteiger charge is -2.21. The smallest absolute Gasteiger partial charge is 0.328 e. The van der Waals surface area contributed by atoms with Gasteiger partial charge in [-0.2, -0.15) is 0 Å². The van der Waals surface area contributed by atoms with Crippen LogP contribution in [0.2, 0.25) is 0 Å². The number of carbonyl (C=O) groups excluding carboxylic acids is 2. The number of sulfonamides is 1. The highest BCUT2D eigenvalue weighted by atomic mass is 32.2. The lowest BCUT2D eigenvalue weighted by Crippen LogP contribution is -2.39. The molecule has 1 heterocycles. The number of carbonyl (C=O) groups is 2. The van der Waals surface area contributed by atoms with Crippen LogP contribution in [-0.4, -0.2) is 47.4 Å². The summed E-state index contributed by atoms with van der Waals surface area (Å²) in [6, 6.07) is 4.86. The SMILES string of the molecule is C=CCn1c(SCC(=O)Nc2ccc(S(=O)(=O)NC(=O)NCCCC)cc2)nnc1C1CCCCC1. The van der Waals surface area contributed by atoms with Crippen LogP contribution in [0.5, 0.6) is 0 Å². The molecule has 0 saturated heterocycles. The Hall–Kier alpha value is -2.86. The molecule has 3 rings (SSSR count). The van der Waals surface area contributed by atoms with Crippen LogP contribution in [0.15, 0.2) is 47.0 Å². The fourth-order valence-electron chi connectivity index (χ4n) is 4.01. The number of hydrogen-bond donors (Lipinski definition) is 3. The van der Waals surface area contributed by atoms with Gasteiger partial charge in [-0.3, -0.25) is 4.79 Å². The summed E-state index contributed by atoms with van der Waals surface area (Å²) in [5, 5.41) is 14.7. The molecule has 0 spiro atoms. The Labute approximate surface area is 216 Å². The molecule has 2 aromatic rings. The zero-order valence-electron chi connectivity index (χ0n) is 20.5. The largest absolute Gasteiger partial charge is 0.337 e. The maximum absolute atomic E-state index is 12.5. The molecule has 0 bridgehead atoms. The monoisotopic (exact) mass is 534 g/mol. The van der Waals surface area contributed by atoms with Gasteiger partial charge >= 0.3 is 6.03 Å². The van der Waals surface area contributed by atoms with E-state index >= 15 is 0 Å². The van der Waals surface area contributed by atoms with Gasteiger partial charge in [0.05, 0.1) is 10.6 Å². The standard InChI is InChI=1S/C24H34N6O4S2/c1-3-5-15-25-23(32)29-36(33,34)20-13-11-19(12-14-20)26-21(31)17-35-24-28-27-22(30(24)16-4-2)18-9-7-6-8-10-18/h4,11-14,18H,2-3,5-10,15-17H2,1H3,(H,26,31)(H2,25,29,32). The van der Waals surface area contributed by atoms with Gasteiger partial charge in [-0.15, -0.1) is 16.8 Å². The average Bonchev–Trinajstić information content (AvgIpc) is 3.26. The Balaban J connectivity index is 1.55. The molecule has 1 aliphatic rings. The third kappa shape index (κ3) is 7.82. The van der Waals surface area contributed by atoms with Crippen molar-refractivity contribution in [2.75, 3.05) is 17.6 Å². The molecule has 1 aromatic heterocycles. The van der Waals surface area contributed by atoms with E-state index in [2.05, 4.69) is 27.4 Å². The molecular weight excluding hydrogens is 500 g/mol. The first-order chi connectivity index (χ1) is 17.3. The molecule has 3 amide bonds. The van der Waals surface area contributed by atoms with Crippen LogP contribution >= 0.6 is 11.8 Å². The molecule has 10 nitrogen and oxygen atoms in total. The van der Waals surface area contributed by atoms with Crippen molar-refractivity contribution in [3.05, 3.63) is 42.7 Å². The molecule has 196 valence electrons. The van der Waals surface area contributed by atoms with Crippen molar-refractivity contribution in [1.29, 1.82) is 0 Å². The first kappa shape index (κ1) is 27.7. The maximum Gasteiger partial charge on any atom is 0.328 e. The van der Waals surface area contributed by atoms with Crippen molar-refractivity contribution in [2.45, 2.75) is 74.4 Å². The van der Waals surface area contributed by atoms with Crippen LogP contribution in [0.25, 0.3) is 0 Å². The highest BCUT2D eigenvalue weighted by Gasteiger charge is 2.23. The van der Waals surface area contributed by atoms with E-state index in [0.29, 0.717) is 29.9 Å². The van der Waals surface area contributed by atoms with E-state index in [1.54, 1.807) is 6.08 Å². The lowest BCUT2D eigenvalue weighted by molar-refractivity contribution is -0.113. The molecule has 1 saturated carbocycles. The zero-order chi connectivity index (χ0) is 26.0. The molecule has 36 heavy (non-hydrogen) atoms. The topological polar surface area (TPSA) is 135 Å². The summed E-state index contributed by atoms with van der Waals surface area (Å²) in [5.74, 6) is 1.22. The number of amides is 3. The van der Waals surface area contributed by atoms with Gasteiger partial charge in [-0.05, 0) is 43.5 Å². The van der Waals surface area contributed by atoms with Crippen LogP contribution in [-0.2, 0) is 21.4 Å². The van der Waals surface area contributed by atoms with Crippen LogP contribution in [0.3, 0.4) is 0 Å². The zero-order valence-corrected chi connectivity index (χ0v) is 22.2. The molecule has 1 aromatic carbocycles. The van der Waals surface area contributed by atoms with E-state index in [-0.39, 0.29) is 16.6 Å². The van der Waals surface area contributed by atoms with Gasteiger partial charge in [0.2, 0.25) is 5.91 Å². The molecule has 0 unspecified atom stereocenters. The Bertz CT molecular complexity index is 1140. The molecule has 0 atom stereocenters. The summed E-state index contributed by atoms with van der Waals surface area (Å²) in [6.07, 6.45) is 9.29. The van der Waals surface area contributed by atoms with Crippen molar-refractivity contribution in [1.82, 2.24) is 24.8 Å². The number of nitrogens with zero attached hydrogens (tertiary/aromatic N) is 3. The lowest BCUT2D eigenvalue weighted by atomic mass is 9.89. The molecular formula is C24H34N6O4S2. The molecule has 0 radical (unpaired) electrons. The molecule has 1 fully saturated rings. The van der Waals surface area contributed by atoms with Gasteiger partial charge < -0.3 is 15.2 Å². The first-order valence-corrected chi connectivity index (χ1v) is 14.7. The minimum atomic E-state index is -4.01. The van der Waals surface area contributed by atoms with Gasteiger partial charge in [-0.1, -0.05) is 50.4 Å². The predicted molar refractivity (Wildman–Crippen MR) is 140 cm³/mol. The van der Waals surface area contributed by atoms with Crippen molar-refractivity contribution in [3.8, 4) is 0 Å². The highest BCUT2D eigenvalue weighted by molar-refractivity contribution is 7.99. The fourth-order valence-corrected chi connectivity index (χ4v) is 5.69. The van der Waals surface area contributed by atoms with E-state index in [0.717, 1.165) is 31.5 Å². The van der Waals surface area contributed by atoms with Crippen molar-refractivity contribution < 1.29 is 18.0 Å². The quantitative estimate of drug-likeness (QED) is 0.213. The van der Waals surface area contributed by atoms with Gasteiger partial charge in [0, 0.05) is 24.7 Å². The van der Waals surface area contributed by atoms with Gasteiger partial charge in [0.1, 0.15) is 5.82 Å². The van der Waals surface area contributed by atoms with Crippen molar-refractivity contribution in [3.63, 3.8) is 0 Å². The number of allylic oxidation sites excluding steroid dienone is 1. The van der Waals surface area contributed by atoms with Crippen LogP contribution in [0, 0.1) is 0 Å². The number of hydrogen-bond acceptors (Lipinski definition) is 7. The third-order valence-electron chi connectivity index (χ3n) is 5.85. The van der Waals surface area contributed by atoms with Gasteiger partial charge in [-0.25, -0.2) is 17.9 Å². The number of thioether (sulfide) groups is 1. The van der Waals surface area contributed by atoms with Crippen LogP contribution in [0.4, 0.5) is 10.5 Å². The summed E-state index contributed by atoms with van der Waals surface area (Å²) < 4.78 is 28.8. The maximum atomic E-state index is 12.5. The minimum Gasteiger partial charge on any atom is -0.337 e. The van der Waals surface area contributed by atoms with Crippen molar-refractivity contribution in [2.24, 2.45) is 0 Å². The van der Waals surface area contributed by atoms with E-state index < -0.39 is 16.1 Å². The second-order valence-electron chi connectivity index (χ2n) is 8.65. The average molecular weight is 535 g/mol. The van der Waals surface area contributed by atoms with E-state index in [4.69, 9.17) is 0 Å². The van der Waals surface area contributed by atoms with Gasteiger partial charge in [0.15, 0.2) is 5.16 Å². The Kier molecular flexibility index (Phi) is 10.4. The summed E-state index contributed by atoms with van der Waals surface area (Å²) in [5.41, 5.74) is 0.447. The second-order valence-corrected chi connectivity index (χ2v) is 11.3. The normalized spacial score (nSPS) is 14.2. The predicted octanol–water partition coefficient (Wildman–Crippen LogP) is 4.03. The number of urea groups is 1. The summed E-state index contributed by atoms with van der Waals surface area (Å²) >= 11 is 1.30. The summed E-state index contributed by atoms with van der Waals surface area (Å²) in [6.45, 7) is 6.79. The van der Waals surface area contributed by atoms with E-state index in [1.807, 2.05) is 16.2 Å². The molecule has 0 aliphatic heterocycles. The molecule has 1 aliphatic carbocycles. The van der Waals surface area contributed by atoms with E-state index in [9.17, 15) is 18.0 Å². The summed E-state index contributed by atoms with van der Waals surface area (Å²) in [7, 11) is -4.01. The Morgan fingerprint density at radius 3 is 2.56 bits per heavy atom. The van der Waals surface area contributed by atoms with Crippen LogP contribution in [0.1, 0.15) is 63.6 Å². The second kappa shape index (κ2) is 13.4. The Morgan fingerprint density at radius 2 is 1.89 bits per heavy atom. The number of rotatable bonds is 12. The Morgan fingerprint density at radius 1 is 1.17 bits per heavy atom. The molecule has 12 heteroatoms. The van der Waals surface area contributed by atoms with Crippen LogP contribution < -0.4 is 15.4 Å². The third-order valence-corrected chi connectivity index (χ3v) is 8.16. The number of anilines is 1. The van der Waals surface area contributed by atoms with E-state index in [1.165, 1.54) is 55.3 Å². The number of unbranched alkanes of at least 4 members (excludes halogenated alkanes) is 1. The van der Waals surface area contributed by atoms with Crippen molar-refractivity contribution >= 4 is 39.4 Å². The summed E-state index contributed by atoms with van der Waals surface area (Å²) in [4.78, 5) is 24.2. The number of benzene rings is 1. The number of nitrogens with one attached hydrogen (secondary N) is 3. The highest BCUT2D eigenvalue weighted by Crippen LogP contribution is 2.33. The minimum absolute atomic E-state index is 0.0757. The molecule has 3 N–H and O–H groups in total. The number of aromatic nitrogens is 3. The first-order valence-electron chi connectivity index (χ1n) is 12.2.